The van der Waals surface area contributed by atoms with Gasteiger partial charge in [0.15, 0.2) is 0 Å². The van der Waals surface area contributed by atoms with Gasteiger partial charge in [-0.05, 0) is 49.1 Å². The summed E-state index contributed by atoms with van der Waals surface area (Å²) in [6.45, 7) is 3.89. The highest BCUT2D eigenvalue weighted by molar-refractivity contribution is 7.86. The van der Waals surface area contributed by atoms with Crippen LogP contribution in [0.1, 0.15) is 25.0 Å². The molecule has 2 aromatic heterocycles. The van der Waals surface area contributed by atoms with Crippen molar-refractivity contribution in [3.63, 3.8) is 0 Å². The van der Waals surface area contributed by atoms with E-state index in [-0.39, 0.29) is 0 Å². The molecule has 1 atom stereocenters. The van der Waals surface area contributed by atoms with Crippen molar-refractivity contribution < 1.29 is 8.95 Å². The van der Waals surface area contributed by atoms with Crippen molar-refractivity contribution >= 4 is 45.3 Å². The third-order valence-electron chi connectivity index (χ3n) is 3.18. The van der Waals surface area contributed by atoms with E-state index in [4.69, 9.17) is 17.0 Å². The van der Waals surface area contributed by atoms with Crippen LogP contribution in [0.25, 0.3) is 0 Å². The van der Waals surface area contributed by atoms with E-state index in [0.29, 0.717) is 16.7 Å². The molecule has 0 aromatic carbocycles. The van der Waals surface area contributed by atoms with Crippen molar-refractivity contribution in [3.8, 4) is 0 Å². The number of ether oxygens (including phenoxy) is 1. The minimum absolute atomic E-state index is 0.329. The molecule has 3 heterocycles. The van der Waals surface area contributed by atoms with E-state index < -0.39 is 16.4 Å². The summed E-state index contributed by atoms with van der Waals surface area (Å²) in [6, 6.07) is 5.78. The number of nitrogens with one attached hydrogen (secondary N) is 1. The maximum absolute atomic E-state index is 12.3. The van der Waals surface area contributed by atoms with Crippen LogP contribution in [0.15, 0.2) is 34.0 Å². The van der Waals surface area contributed by atoms with Gasteiger partial charge in [0.05, 0.1) is 20.8 Å². The third kappa shape index (κ3) is 3.00. The van der Waals surface area contributed by atoms with Crippen LogP contribution in [0, 0.1) is 0 Å². The second kappa shape index (κ2) is 5.47. The standard InChI is InChI=1S/C14H14N2O2S3/c1-14(2)10-6-9(7-15-12(10)16-13(19)18-14)8-21(17)11-4-3-5-20-11/h3-7H,8H2,1-2H3,(H,15,16,19). The first-order chi connectivity index (χ1) is 9.95. The van der Waals surface area contributed by atoms with Gasteiger partial charge in [-0.15, -0.1) is 11.3 Å². The molecule has 0 saturated heterocycles. The summed E-state index contributed by atoms with van der Waals surface area (Å²) < 4.78 is 18.8. The van der Waals surface area contributed by atoms with Crippen LogP contribution < -0.4 is 5.32 Å². The highest BCUT2D eigenvalue weighted by Gasteiger charge is 2.32. The number of anilines is 1. The summed E-state index contributed by atoms with van der Waals surface area (Å²) >= 11 is 6.57. The molecule has 3 rings (SSSR count). The largest absolute Gasteiger partial charge is 0.460 e. The van der Waals surface area contributed by atoms with Gasteiger partial charge < -0.3 is 10.1 Å². The molecule has 0 amide bonds. The Bertz CT molecular complexity index is 711. The molecule has 1 N–H and O–H groups in total. The van der Waals surface area contributed by atoms with Crippen LogP contribution in [-0.4, -0.2) is 14.4 Å². The average Bonchev–Trinajstić information content (AvgIpc) is 2.92. The number of pyridine rings is 1. The molecule has 0 saturated carbocycles. The van der Waals surface area contributed by atoms with Crippen LogP contribution in [-0.2, 0) is 26.9 Å². The molecule has 7 heteroatoms. The van der Waals surface area contributed by atoms with Gasteiger partial charge in [0, 0.05) is 11.8 Å². The van der Waals surface area contributed by atoms with Gasteiger partial charge in [0.25, 0.3) is 5.17 Å². The number of hydrogen-bond donors (Lipinski definition) is 1. The summed E-state index contributed by atoms with van der Waals surface area (Å²) in [5.41, 5.74) is 1.31. The highest BCUT2D eigenvalue weighted by atomic mass is 32.2. The maximum atomic E-state index is 12.3. The Labute approximate surface area is 135 Å². The molecule has 1 aliphatic rings. The fraction of sp³-hybridized carbons (Fsp3) is 0.286. The number of nitrogens with zero attached hydrogens (tertiary/aromatic N) is 1. The van der Waals surface area contributed by atoms with E-state index in [1.54, 1.807) is 6.20 Å². The number of fused-ring (bicyclic) bond motifs is 1. The van der Waals surface area contributed by atoms with E-state index in [0.717, 1.165) is 15.3 Å². The summed E-state index contributed by atoms with van der Waals surface area (Å²) in [6.07, 6.45) is 1.74. The van der Waals surface area contributed by atoms with Crippen molar-refractivity contribution in [2.24, 2.45) is 0 Å². The van der Waals surface area contributed by atoms with Gasteiger partial charge in [-0.2, -0.15) is 0 Å². The lowest BCUT2D eigenvalue weighted by Crippen LogP contribution is -2.35. The van der Waals surface area contributed by atoms with Gasteiger partial charge in [0.1, 0.15) is 11.4 Å². The van der Waals surface area contributed by atoms with Gasteiger partial charge in [-0.25, -0.2) is 4.98 Å². The summed E-state index contributed by atoms with van der Waals surface area (Å²) in [5.74, 6) is 1.16. The van der Waals surface area contributed by atoms with Gasteiger partial charge in [-0.1, -0.05) is 6.07 Å². The quantitative estimate of drug-likeness (QED) is 0.869. The van der Waals surface area contributed by atoms with Crippen LogP contribution >= 0.6 is 23.6 Å². The number of aromatic nitrogens is 1. The van der Waals surface area contributed by atoms with Crippen LogP contribution in [0.5, 0.6) is 0 Å². The monoisotopic (exact) mass is 338 g/mol. The fourth-order valence-corrected chi connectivity index (χ4v) is 4.53. The second-order valence-corrected chi connectivity index (χ2v) is 8.18. The Balaban J connectivity index is 1.89. The van der Waals surface area contributed by atoms with Crippen molar-refractivity contribution in [2.75, 3.05) is 5.32 Å². The first-order valence-electron chi connectivity index (χ1n) is 6.37. The zero-order valence-corrected chi connectivity index (χ0v) is 14.0. The molecule has 4 nitrogen and oxygen atoms in total. The predicted molar refractivity (Wildman–Crippen MR) is 89.0 cm³/mol. The predicted octanol–water partition coefficient (Wildman–Crippen LogP) is 3.41. The smallest absolute Gasteiger partial charge is 0.263 e. The van der Waals surface area contributed by atoms with Crippen LogP contribution in [0.4, 0.5) is 5.82 Å². The lowest BCUT2D eigenvalue weighted by atomic mass is 9.96. The molecule has 2 aromatic rings. The van der Waals surface area contributed by atoms with E-state index in [2.05, 4.69) is 10.3 Å². The number of rotatable bonds is 3. The van der Waals surface area contributed by atoms with E-state index >= 15 is 0 Å². The first-order valence-corrected chi connectivity index (χ1v) is 8.98. The second-order valence-electron chi connectivity index (χ2n) is 5.19. The van der Waals surface area contributed by atoms with E-state index in [1.165, 1.54) is 11.3 Å². The topological polar surface area (TPSA) is 51.2 Å². The molecule has 0 fully saturated rings. The Morgan fingerprint density at radius 1 is 1.52 bits per heavy atom. The van der Waals surface area contributed by atoms with E-state index in [9.17, 15) is 4.21 Å². The number of thiophene rings is 1. The molecule has 1 aliphatic heterocycles. The number of thiocarbonyl (C=S) groups is 1. The first kappa shape index (κ1) is 14.6. The Morgan fingerprint density at radius 2 is 2.33 bits per heavy atom. The Hall–Kier alpha value is -1.31. The molecule has 0 aliphatic carbocycles. The van der Waals surface area contributed by atoms with Crippen molar-refractivity contribution in [2.45, 2.75) is 29.4 Å². The van der Waals surface area contributed by atoms with E-state index in [1.807, 2.05) is 37.4 Å². The van der Waals surface area contributed by atoms with Crippen molar-refractivity contribution in [3.05, 3.63) is 40.9 Å². The third-order valence-corrected chi connectivity index (χ3v) is 6.05. The van der Waals surface area contributed by atoms with Gasteiger partial charge >= 0.3 is 0 Å². The molecule has 110 valence electrons. The normalized spacial score (nSPS) is 17.5. The van der Waals surface area contributed by atoms with Gasteiger partial charge in [-0.3, -0.25) is 4.21 Å². The SMILES string of the molecule is CC1(C)OC(=S)Nc2ncc(CS(=O)c3cccs3)cc21. The Kier molecular flexibility index (Phi) is 3.81. The zero-order chi connectivity index (χ0) is 15.0. The van der Waals surface area contributed by atoms with Gasteiger partial charge in [0.2, 0.25) is 0 Å². The lowest BCUT2D eigenvalue weighted by molar-refractivity contribution is 0.0940. The van der Waals surface area contributed by atoms with Crippen molar-refractivity contribution in [1.82, 2.24) is 4.98 Å². The molecule has 0 radical (unpaired) electrons. The average molecular weight is 338 g/mol. The minimum atomic E-state index is -1.04. The highest BCUT2D eigenvalue weighted by Crippen LogP contribution is 2.35. The minimum Gasteiger partial charge on any atom is -0.460 e. The van der Waals surface area contributed by atoms with Crippen LogP contribution in [0.3, 0.4) is 0 Å². The molecule has 1 unspecified atom stereocenters. The molecular formula is C14H14N2O2S3. The Morgan fingerprint density at radius 3 is 3.05 bits per heavy atom. The molecule has 0 bridgehead atoms. The van der Waals surface area contributed by atoms with Crippen molar-refractivity contribution in [1.29, 1.82) is 0 Å². The lowest BCUT2D eigenvalue weighted by Gasteiger charge is -2.33. The number of hydrogen-bond acceptors (Lipinski definition) is 5. The summed E-state index contributed by atoms with van der Waals surface area (Å²) in [4.78, 5) is 4.39. The molecular weight excluding hydrogens is 324 g/mol. The fourth-order valence-electron chi connectivity index (χ4n) is 2.17. The zero-order valence-electron chi connectivity index (χ0n) is 11.6. The molecule has 0 spiro atoms. The van der Waals surface area contributed by atoms with Crippen LogP contribution in [0.2, 0.25) is 0 Å². The maximum Gasteiger partial charge on any atom is 0.263 e. The molecule has 21 heavy (non-hydrogen) atoms. The summed E-state index contributed by atoms with van der Waals surface area (Å²) in [7, 11) is -1.04. The summed E-state index contributed by atoms with van der Waals surface area (Å²) in [5, 5.41) is 5.21.